The van der Waals surface area contributed by atoms with Crippen LogP contribution in [-0.4, -0.2) is 31.3 Å². The molecule has 1 aliphatic rings. The molecular formula is C11H17N3O2. The third kappa shape index (κ3) is 2.32. The summed E-state index contributed by atoms with van der Waals surface area (Å²) in [5.74, 6) is -0.708. The van der Waals surface area contributed by atoms with Crippen molar-refractivity contribution < 1.29 is 9.47 Å². The molecule has 0 radical (unpaired) electrons. The van der Waals surface area contributed by atoms with Crippen molar-refractivity contribution >= 4 is 5.69 Å². The van der Waals surface area contributed by atoms with Crippen LogP contribution in [0, 0.1) is 0 Å². The average molecular weight is 223 g/mol. The summed E-state index contributed by atoms with van der Waals surface area (Å²) < 4.78 is 11.1. The van der Waals surface area contributed by atoms with Crippen molar-refractivity contribution in [2.45, 2.75) is 12.7 Å². The van der Waals surface area contributed by atoms with Gasteiger partial charge in [-0.25, -0.2) is 0 Å². The molecule has 3 N–H and O–H groups in total. The van der Waals surface area contributed by atoms with Gasteiger partial charge < -0.3 is 20.5 Å². The van der Waals surface area contributed by atoms with Crippen molar-refractivity contribution in [3.8, 4) is 0 Å². The largest absolute Gasteiger partial charge is 0.384 e. The van der Waals surface area contributed by atoms with Gasteiger partial charge in [0.1, 0.15) is 5.69 Å². The molecule has 0 aliphatic carbocycles. The first kappa shape index (κ1) is 11.3. The number of pyridine rings is 1. The number of hydrogen-bond acceptors (Lipinski definition) is 5. The zero-order valence-electron chi connectivity index (χ0n) is 9.40. The van der Waals surface area contributed by atoms with E-state index in [1.165, 1.54) is 0 Å². The van der Waals surface area contributed by atoms with Crippen LogP contribution in [0.3, 0.4) is 0 Å². The van der Waals surface area contributed by atoms with Gasteiger partial charge in [0, 0.05) is 25.0 Å². The highest BCUT2D eigenvalue weighted by Crippen LogP contribution is 2.30. The van der Waals surface area contributed by atoms with E-state index >= 15 is 0 Å². The second-order valence-electron chi connectivity index (χ2n) is 3.79. The molecule has 0 bridgehead atoms. The van der Waals surface area contributed by atoms with Crippen molar-refractivity contribution in [3.05, 3.63) is 24.0 Å². The van der Waals surface area contributed by atoms with E-state index in [0.29, 0.717) is 19.8 Å². The molecule has 1 aromatic rings. The van der Waals surface area contributed by atoms with Crippen LogP contribution in [0.4, 0.5) is 5.69 Å². The lowest BCUT2D eigenvalue weighted by atomic mass is 10.2. The SMILES string of the molecule is CC1(c2cc(NCCN)ccn2)OCCO1. The van der Waals surface area contributed by atoms with E-state index in [2.05, 4.69) is 10.3 Å². The van der Waals surface area contributed by atoms with Gasteiger partial charge in [-0.05, 0) is 19.1 Å². The Balaban J connectivity index is 2.15. The van der Waals surface area contributed by atoms with E-state index in [9.17, 15) is 0 Å². The fraction of sp³-hybridized carbons (Fsp3) is 0.545. The average Bonchev–Trinajstić information content (AvgIpc) is 2.75. The van der Waals surface area contributed by atoms with Gasteiger partial charge in [-0.1, -0.05) is 0 Å². The number of nitrogens with two attached hydrogens (primary N) is 1. The molecule has 0 unspecified atom stereocenters. The molecule has 0 aromatic carbocycles. The Morgan fingerprint density at radius 3 is 2.94 bits per heavy atom. The summed E-state index contributed by atoms with van der Waals surface area (Å²) in [6.45, 7) is 4.44. The highest BCUT2D eigenvalue weighted by molar-refractivity contribution is 5.44. The summed E-state index contributed by atoms with van der Waals surface area (Å²) in [6, 6.07) is 3.83. The van der Waals surface area contributed by atoms with Crippen molar-refractivity contribution in [2.75, 3.05) is 31.6 Å². The first-order valence-corrected chi connectivity index (χ1v) is 5.43. The minimum Gasteiger partial charge on any atom is -0.384 e. The summed E-state index contributed by atoms with van der Waals surface area (Å²) in [5, 5.41) is 3.20. The predicted octanol–water partition coefficient (Wildman–Crippen LogP) is 0.672. The topological polar surface area (TPSA) is 69.4 Å². The van der Waals surface area contributed by atoms with Gasteiger partial charge in [0.2, 0.25) is 5.79 Å². The van der Waals surface area contributed by atoms with Gasteiger partial charge in [-0.3, -0.25) is 4.98 Å². The lowest BCUT2D eigenvalue weighted by Gasteiger charge is -2.21. The van der Waals surface area contributed by atoms with Crippen LogP contribution >= 0.6 is 0 Å². The standard InChI is InChI=1S/C11H17N3O2/c1-11(15-6-7-16-11)10-8-9(2-4-14-10)13-5-3-12/h2,4,8H,3,5-7,12H2,1H3,(H,13,14). The second kappa shape index (κ2) is 4.78. The summed E-state index contributed by atoms with van der Waals surface area (Å²) in [4.78, 5) is 4.28. The van der Waals surface area contributed by atoms with E-state index in [0.717, 1.165) is 17.9 Å². The number of aromatic nitrogens is 1. The first-order chi connectivity index (χ1) is 7.74. The first-order valence-electron chi connectivity index (χ1n) is 5.43. The maximum Gasteiger partial charge on any atom is 0.209 e. The Hall–Kier alpha value is -1.17. The summed E-state index contributed by atoms with van der Waals surface area (Å²) in [7, 11) is 0. The summed E-state index contributed by atoms with van der Waals surface area (Å²) >= 11 is 0. The van der Waals surface area contributed by atoms with E-state index < -0.39 is 5.79 Å². The number of nitrogens with zero attached hydrogens (tertiary/aromatic N) is 1. The van der Waals surface area contributed by atoms with Crippen molar-refractivity contribution in [1.29, 1.82) is 0 Å². The number of anilines is 1. The van der Waals surface area contributed by atoms with Gasteiger partial charge in [0.15, 0.2) is 0 Å². The number of nitrogens with one attached hydrogen (secondary N) is 1. The van der Waals surface area contributed by atoms with Crippen molar-refractivity contribution in [1.82, 2.24) is 4.98 Å². The summed E-state index contributed by atoms with van der Waals surface area (Å²) in [6.07, 6.45) is 1.74. The Bertz CT molecular complexity index is 351. The van der Waals surface area contributed by atoms with Crippen LogP contribution in [-0.2, 0) is 15.3 Å². The van der Waals surface area contributed by atoms with Crippen LogP contribution < -0.4 is 11.1 Å². The molecule has 1 aromatic heterocycles. The fourth-order valence-corrected chi connectivity index (χ4v) is 1.67. The van der Waals surface area contributed by atoms with E-state index in [1.807, 2.05) is 19.1 Å². The molecule has 2 heterocycles. The molecule has 16 heavy (non-hydrogen) atoms. The zero-order chi connectivity index (χ0) is 11.4. The molecule has 0 amide bonds. The molecule has 1 aliphatic heterocycles. The monoisotopic (exact) mass is 223 g/mol. The van der Waals surface area contributed by atoms with Crippen LogP contribution in [0.25, 0.3) is 0 Å². The minimum absolute atomic E-state index is 0.599. The van der Waals surface area contributed by atoms with Crippen molar-refractivity contribution in [3.63, 3.8) is 0 Å². The van der Waals surface area contributed by atoms with Crippen LogP contribution in [0.2, 0.25) is 0 Å². The van der Waals surface area contributed by atoms with Gasteiger partial charge in [0.05, 0.1) is 13.2 Å². The molecule has 5 nitrogen and oxygen atoms in total. The Morgan fingerprint density at radius 1 is 1.50 bits per heavy atom. The molecule has 2 rings (SSSR count). The quantitative estimate of drug-likeness (QED) is 0.785. The lowest BCUT2D eigenvalue weighted by molar-refractivity contribution is -0.152. The Kier molecular flexibility index (Phi) is 3.38. The number of hydrogen-bond donors (Lipinski definition) is 2. The number of rotatable bonds is 4. The smallest absolute Gasteiger partial charge is 0.209 e. The van der Waals surface area contributed by atoms with Gasteiger partial charge >= 0.3 is 0 Å². The molecule has 0 atom stereocenters. The van der Waals surface area contributed by atoms with Crippen LogP contribution in [0.5, 0.6) is 0 Å². The van der Waals surface area contributed by atoms with Crippen LogP contribution in [0.1, 0.15) is 12.6 Å². The normalized spacial score (nSPS) is 18.6. The fourth-order valence-electron chi connectivity index (χ4n) is 1.67. The third-order valence-electron chi connectivity index (χ3n) is 2.54. The molecule has 1 saturated heterocycles. The lowest BCUT2D eigenvalue weighted by Crippen LogP contribution is -2.24. The molecule has 0 saturated carbocycles. The Labute approximate surface area is 95.0 Å². The van der Waals surface area contributed by atoms with Gasteiger partial charge in [-0.15, -0.1) is 0 Å². The molecular weight excluding hydrogens is 206 g/mol. The van der Waals surface area contributed by atoms with E-state index in [4.69, 9.17) is 15.2 Å². The zero-order valence-corrected chi connectivity index (χ0v) is 9.40. The van der Waals surface area contributed by atoms with Gasteiger partial charge in [0.25, 0.3) is 0 Å². The van der Waals surface area contributed by atoms with Gasteiger partial charge in [-0.2, -0.15) is 0 Å². The highest BCUT2D eigenvalue weighted by atomic mass is 16.7. The minimum atomic E-state index is -0.708. The number of ether oxygens (including phenoxy) is 2. The second-order valence-corrected chi connectivity index (χ2v) is 3.79. The highest BCUT2D eigenvalue weighted by Gasteiger charge is 2.34. The maximum absolute atomic E-state index is 5.55. The third-order valence-corrected chi connectivity index (χ3v) is 2.54. The summed E-state index contributed by atoms with van der Waals surface area (Å²) in [5.41, 5.74) is 7.20. The molecule has 88 valence electrons. The Morgan fingerprint density at radius 2 is 2.25 bits per heavy atom. The van der Waals surface area contributed by atoms with Crippen molar-refractivity contribution in [2.24, 2.45) is 5.73 Å². The molecule has 0 spiro atoms. The molecule has 5 heteroatoms. The maximum atomic E-state index is 5.55. The van der Waals surface area contributed by atoms with E-state index in [-0.39, 0.29) is 0 Å². The molecule has 1 fully saturated rings. The van der Waals surface area contributed by atoms with E-state index in [1.54, 1.807) is 6.20 Å². The predicted molar refractivity (Wildman–Crippen MR) is 61.0 cm³/mol. The van der Waals surface area contributed by atoms with Crippen LogP contribution in [0.15, 0.2) is 18.3 Å².